The standard InChI is InChI=1S/C42H52N6/c1-43(2)29-33-9-17-37(18-10-33)47(38-19-11-34(12-20-38)30-44(3)4)41-25-27-42(28-26-41)48(39-21-13-35(14-22-39)31-45(5)6)40-23-15-36(16-24-40)32-46(7)8/h9-28H,29-32H2,1-8H3. The molecule has 0 saturated heterocycles. The normalized spacial score (nSPS) is 11.6. The summed E-state index contributed by atoms with van der Waals surface area (Å²) in [7, 11) is 16.9. The molecule has 0 aliphatic carbocycles. The van der Waals surface area contributed by atoms with E-state index in [9.17, 15) is 0 Å². The first kappa shape index (κ1) is 34.9. The molecule has 0 radical (unpaired) electrons. The lowest BCUT2D eigenvalue weighted by atomic mass is 10.1. The van der Waals surface area contributed by atoms with E-state index in [4.69, 9.17) is 0 Å². The molecule has 0 unspecified atom stereocenters. The van der Waals surface area contributed by atoms with Gasteiger partial charge in [-0.05, 0) is 151 Å². The predicted molar refractivity (Wildman–Crippen MR) is 205 cm³/mol. The van der Waals surface area contributed by atoms with Crippen LogP contribution in [0.3, 0.4) is 0 Å². The highest BCUT2D eigenvalue weighted by molar-refractivity contribution is 5.81. The Labute approximate surface area is 289 Å². The van der Waals surface area contributed by atoms with Gasteiger partial charge in [-0.3, -0.25) is 0 Å². The summed E-state index contributed by atoms with van der Waals surface area (Å²) >= 11 is 0. The van der Waals surface area contributed by atoms with Gasteiger partial charge in [0.2, 0.25) is 0 Å². The van der Waals surface area contributed by atoms with Crippen molar-refractivity contribution in [3.05, 3.63) is 144 Å². The quantitative estimate of drug-likeness (QED) is 0.120. The van der Waals surface area contributed by atoms with Crippen LogP contribution in [-0.4, -0.2) is 76.0 Å². The molecule has 5 rings (SSSR count). The zero-order valence-electron chi connectivity index (χ0n) is 30.1. The Kier molecular flexibility index (Phi) is 11.7. The first-order valence-corrected chi connectivity index (χ1v) is 16.7. The van der Waals surface area contributed by atoms with Crippen molar-refractivity contribution in [2.24, 2.45) is 0 Å². The molecular formula is C42H52N6. The number of nitrogens with zero attached hydrogens (tertiary/aromatic N) is 6. The van der Waals surface area contributed by atoms with Crippen LogP contribution in [-0.2, 0) is 26.2 Å². The van der Waals surface area contributed by atoms with Crippen molar-refractivity contribution >= 4 is 34.1 Å². The molecule has 0 heterocycles. The van der Waals surface area contributed by atoms with E-state index in [2.05, 4.69) is 207 Å². The zero-order chi connectivity index (χ0) is 34.2. The second kappa shape index (κ2) is 16.1. The van der Waals surface area contributed by atoms with E-state index in [0.29, 0.717) is 0 Å². The van der Waals surface area contributed by atoms with Gasteiger partial charge in [0.1, 0.15) is 0 Å². The Balaban J connectivity index is 1.53. The molecule has 5 aromatic rings. The lowest BCUT2D eigenvalue weighted by Crippen LogP contribution is -2.14. The Morgan fingerprint density at radius 1 is 0.250 bits per heavy atom. The van der Waals surface area contributed by atoms with Gasteiger partial charge in [-0.15, -0.1) is 0 Å². The highest BCUT2D eigenvalue weighted by Gasteiger charge is 2.17. The van der Waals surface area contributed by atoms with Gasteiger partial charge in [0.05, 0.1) is 0 Å². The van der Waals surface area contributed by atoms with E-state index in [-0.39, 0.29) is 0 Å². The van der Waals surface area contributed by atoms with Crippen LogP contribution in [0.15, 0.2) is 121 Å². The Morgan fingerprint density at radius 3 is 0.542 bits per heavy atom. The Bertz CT molecular complexity index is 1450. The van der Waals surface area contributed by atoms with Crippen LogP contribution in [0.1, 0.15) is 22.3 Å². The molecule has 0 atom stereocenters. The van der Waals surface area contributed by atoms with Crippen LogP contribution >= 0.6 is 0 Å². The van der Waals surface area contributed by atoms with E-state index in [1.54, 1.807) is 0 Å². The Morgan fingerprint density at radius 2 is 0.396 bits per heavy atom. The third-order valence-corrected chi connectivity index (χ3v) is 8.14. The zero-order valence-corrected chi connectivity index (χ0v) is 30.1. The Hall–Kier alpha value is -4.46. The fourth-order valence-electron chi connectivity index (χ4n) is 6.11. The maximum absolute atomic E-state index is 2.35. The number of benzene rings is 5. The average molecular weight is 641 g/mol. The number of hydrogen-bond acceptors (Lipinski definition) is 6. The van der Waals surface area contributed by atoms with Crippen LogP contribution in [0.2, 0.25) is 0 Å². The molecule has 0 aliphatic rings. The second-order valence-corrected chi connectivity index (χ2v) is 13.8. The van der Waals surface area contributed by atoms with Crippen LogP contribution in [0.4, 0.5) is 34.1 Å². The van der Waals surface area contributed by atoms with Gasteiger partial charge >= 0.3 is 0 Å². The molecule has 250 valence electrons. The van der Waals surface area contributed by atoms with Gasteiger partial charge in [0.25, 0.3) is 0 Å². The van der Waals surface area contributed by atoms with Crippen LogP contribution in [0.5, 0.6) is 0 Å². The van der Waals surface area contributed by atoms with Crippen molar-refractivity contribution in [2.75, 3.05) is 66.2 Å². The molecule has 48 heavy (non-hydrogen) atoms. The van der Waals surface area contributed by atoms with Gasteiger partial charge in [-0.1, -0.05) is 48.5 Å². The molecule has 0 spiro atoms. The van der Waals surface area contributed by atoms with Gasteiger partial charge in [-0.25, -0.2) is 0 Å². The topological polar surface area (TPSA) is 19.4 Å². The number of rotatable bonds is 14. The summed E-state index contributed by atoms with van der Waals surface area (Å²) in [6.07, 6.45) is 0. The van der Waals surface area contributed by atoms with Crippen molar-refractivity contribution in [3.8, 4) is 0 Å². The van der Waals surface area contributed by atoms with Crippen molar-refractivity contribution in [2.45, 2.75) is 26.2 Å². The molecule has 6 heteroatoms. The molecule has 0 N–H and O–H groups in total. The smallest absolute Gasteiger partial charge is 0.0463 e. The SMILES string of the molecule is CN(C)Cc1ccc(N(c2ccc(CN(C)C)cc2)c2ccc(N(c3ccc(CN(C)C)cc3)c3ccc(CN(C)C)cc3)cc2)cc1. The van der Waals surface area contributed by atoms with E-state index >= 15 is 0 Å². The molecule has 0 fully saturated rings. The summed E-state index contributed by atoms with van der Waals surface area (Å²) in [5.41, 5.74) is 11.9. The third kappa shape index (κ3) is 9.33. The van der Waals surface area contributed by atoms with Crippen molar-refractivity contribution in [1.29, 1.82) is 0 Å². The third-order valence-electron chi connectivity index (χ3n) is 8.14. The molecule has 6 nitrogen and oxygen atoms in total. The minimum atomic E-state index is 0.913. The second-order valence-electron chi connectivity index (χ2n) is 13.8. The van der Waals surface area contributed by atoms with E-state index in [1.165, 1.54) is 22.3 Å². The molecule has 0 aliphatic heterocycles. The summed E-state index contributed by atoms with van der Waals surface area (Å²) in [5, 5.41) is 0. The number of anilines is 6. The molecule has 0 saturated carbocycles. The van der Waals surface area contributed by atoms with Crippen molar-refractivity contribution in [3.63, 3.8) is 0 Å². The van der Waals surface area contributed by atoms with Gasteiger partial charge < -0.3 is 29.4 Å². The predicted octanol–water partition coefficient (Wildman–Crippen LogP) is 8.87. The van der Waals surface area contributed by atoms with Gasteiger partial charge in [-0.2, -0.15) is 0 Å². The van der Waals surface area contributed by atoms with E-state index in [1.807, 2.05) is 0 Å². The fraction of sp³-hybridized carbons (Fsp3) is 0.286. The molecule has 0 aromatic heterocycles. The summed E-state index contributed by atoms with van der Waals surface area (Å²) in [5.74, 6) is 0. The van der Waals surface area contributed by atoms with Crippen LogP contribution in [0.25, 0.3) is 0 Å². The lowest BCUT2D eigenvalue weighted by Gasteiger charge is -2.29. The van der Waals surface area contributed by atoms with Crippen molar-refractivity contribution in [1.82, 2.24) is 19.6 Å². The molecular weight excluding hydrogens is 589 g/mol. The first-order valence-electron chi connectivity index (χ1n) is 16.7. The highest BCUT2D eigenvalue weighted by atomic mass is 15.2. The van der Waals surface area contributed by atoms with Gasteiger partial charge in [0.15, 0.2) is 0 Å². The van der Waals surface area contributed by atoms with Crippen LogP contribution in [0, 0.1) is 0 Å². The first-order chi connectivity index (χ1) is 23.0. The minimum absolute atomic E-state index is 0.913. The van der Waals surface area contributed by atoms with Gasteiger partial charge in [0, 0.05) is 60.3 Å². The summed E-state index contributed by atoms with van der Waals surface area (Å²) in [6, 6.07) is 44.7. The summed E-state index contributed by atoms with van der Waals surface area (Å²) in [4.78, 5) is 13.5. The lowest BCUT2D eigenvalue weighted by molar-refractivity contribution is 0.402. The van der Waals surface area contributed by atoms with Crippen molar-refractivity contribution < 1.29 is 0 Å². The summed E-state index contributed by atoms with van der Waals surface area (Å²) < 4.78 is 0. The minimum Gasteiger partial charge on any atom is -0.311 e. The maximum Gasteiger partial charge on any atom is 0.0463 e. The monoisotopic (exact) mass is 640 g/mol. The number of hydrogen-bond donors (Lipinski definition) is 0. The molecule has 0 bridgehead atoms. The molecule has 0 amide bonds. The molecule has 5 aromatic carbocycles. The fourth-order valence-corrected chi connectivity index (χ4v) is 6.11. The largest absolute Gasteiger partial charge is 0.311 e. The average Bonchev–Trinajstić information content (AvgIpc) is 3.04. The summed E-state index contributed by atoms with van der Waals surface area (Å²) in [6.45, 7) is 3.65. The van der Waals surface area contributed by atoms with E-state index in [0.717, 1.165) is 60.3 Å². The maximum atomic E-state index is 2.35. The highest BCUT2D eigenvalue weighted by Crippen LogP contribution is 2.39. The van der Waals surface area contributed by atoms with Crippen LogP contribution < -0.4 is 9.80 Å². The van der Waals surface area contributed by atoms with E-state index < -0.39 is 0 Å².